The molecule has 0 unspecified atom stereocenters. The highest BCUT2D eigenvalue weighted by Crippen LogP contribution is 2.26. The van der Waals surface area contributed by atoms with Crippen LogP contribution in [0.3, 0.4) is 0 Å². The number of thioether (sulfide) groups is 1. The predicted molar refractivity (Wildman–Crippen MR) is 144 cm³/mol. The minimum absolute atomic E-state index is 0.149. The molecule has 2 N–H and O–H groups in total. The quantitative estimate of drug-likeness (QED) is 0.301. The van der Waals surface area contributed by atoms with E-state index in [0.29, 0.717) is 29.5 Å². The van der Waals surface area contributed by atoms with Gasteiger partial charge in [-0.3, -0.25) is 9.59 Å². The van der Waals surface area contributed by atoms with Crippen LogP contribution in [0, 0.1) is 6.92 Å². The van der Waals surface area contributed by atoms with E-state index in [1.165, 1.54) is 11.8 Å². The average Bonchev–Trinajstić information content (AvgIpc) is 3.31. The lowest BCUT2D eigenvalue weighted by atomic mass is 10.1. The van der Waals surface area contributed by atoms with Crippen molar-refractivity contribution in [2.24, 2.45) is 0 Å². The largest absolute Gasteiger partial charge is 0.352 e. The van der Waals surface area contributed by atoms with E-state index < -0.39 is 0 Å². The van der Waals surface area contributed by atoms with E-state index in [-0.39, 0.29) is 17.6 Å². The van der Waals surface area contributed by atoms with Crippen LogP contribution in [-0.2, 0) is 17.8 Å². The van der Waals surface area contributed by atoms with Crippen molar-refractivity contribution >= 4 is 29.3 Å². The first kappa shape index (κ1) is 25.2. The molecule has 8 heteroatoms. The molecule has 0 fully saturated rings. The van der Waals surface area contributed by atoms with Crippen LogP contribution in [0.2, 0.25) is 0 Å². The van der Waals surface area contributed by atoms with E-state index in [2.05, 4.69) is 20.8 Å². The molecule has 0 bridgehead atoms. The Balaban J connectivity index is 1.37. The minimum Gasteiger partial charge on any atom is -0.352 e. The second kappa shape index (κ2) is 12.2. The number of nitrogens with one attached hydrogen (secondary N) is 2. The summed E-state index contributed by atoms with van der Waals surface area (Å²) in [5.74, 6) is 0.502. The van der Waals surface area contributed by atoms with E-state index in [1.54, 1.807) is 24.3 Å². The predicted octanol–water partition coefficient (Wildman–Crippen LogP) is 4.98. The Morgan fingerprint density at radius 1 is 0.917 bits per heavy atom. The zero-order chi connectivity index (χ0) is 25.3. The molecule has 1 aromatic heterocycles. The number of para-hydroxylation sites is 1. The van der Waals surface area contributed by atoms with Crippen LogP contribution in [0.5, 0.6) is 0 Å². The van der Waals surface area contributed by atoms with Crippen LogP contribution in [0.4, 0.5) is 5.69 Å². The molecule has 0 radical (unpaired) electrons. The maximum Gasteiger partial charge on any atom is 0.253 e. The van der Waals surface area contributed by atoms with Crippen molar-refractivity contribution in [2.45, 2.75) is 32.0 Å². The van der Waals surface area contributed by atoms with E-state index in [1.807, 2.05) is 73.0 Å². The molecule has 3 aromatic carbocycles. The van der Waals surface area contributed by atoms with Crippen molar-refractivity contribution in [3.05, 3.63) is 95.6 Å². The summed E-state index contributed by atoms with van der Waals surface area (Å²) < 4.78 is 2.01. The van der Waals surface area contributed by atoms with Crippen LogP contribution in [0.1, 0.15) is 28.4 Å². The number of hydrogen-bond acceptors (Lipinski definition) is 5. The fourth-order valence-corrected chi connectivity index (χ4v) is 4.67. The molecule has 0 aliphatic carbocycles. The minimum atomic E-state index is -0.219. The lowest BCUT2D eigenvalue weighted by molar-refractivity contribution is -0.113. The third-order valence-electron chi connectivity index (χ3n) is 5.74. The van der Waals surface area contributed by atoms with E-state index in [9.17, 15) is 9.59 Å². The number of rotatable bonds is 10. The highest BCUT2D eigenvalue weighted by Gasteiger charge is 2.17. The molecule has 0 saturated carbocycles. The molecule has 0 atom stereocenters. The average molecular weight is 500 g/mol. The SMILES string of the molecule is CCn1c(SCC(=O)Nc2ccccc2C(=O)NCCc2ccccc2)nnc1-c1ccccc1C. The molecule has 0 aliphatic heterocycles. The van der Waals surface area contributed by atoms with Crippen molar-refractivity contribution in [1.82, 2.24) is 20.1 Å². The molecular formula is C28H29N5O2S. The number of benzene rings is 3. The van der Waals surface area contributed by atoms with Gasteiger partial charge in [0.05, 0.1) is 17.0 Å². The maximum atomic E-state index is 12.8. The Kier molecular flexibility index (Phi) is 8.52. The van der Waals surface area contributed by atoms with Crippen LogP contribution in [0.25, 0.3) is 11.4 Å². The summed E-state index contributed by atoms with van der Waals surface area (Å²) in [5.41, 5.74) is 4.21. The summed E-state index contributed by atoms with van der Waals surface area (Å²) >= 11 is 1.32. The van der Waals surface area contributed by atoms with Gasteiger partial charge in [0.2, 0.25) is 5.91 Å². The van der Waals surface area contributed by atoms with Crippen molar-refractivity contribution in [2.75, 3.05) is 17.6 Å². The Labute approximate surface area is 215 Å². The van der Waals surface area contributed by atoms with Gasteiger partial charge in [0.1, 0.15) is 0 Å². The molecule has 0 aliphatic rings. The second-order valence-corrected chi connectivity index (χ2v) is 9.18. The van der Waals surface area contributed by atoms with Gasteiger partial charge in [-0.2, -0.15) is 0 Å². The first-order chi connectivity index (χ1) is 17.6. The monoisotopic (exact) mass is 499 g/mol. The van der Waals surface area contributed by atoms with Gasteiger partial charge in [-0.25, -0.2) is 0 Å². The number of hydrogen-bond donors (Lipinski definition) is 2. The van der Waals surface area contributed by atoms with Gasteiger partial charge in [0.25, 0.3) is 5.91 Å². The Morgan fingerprint density at radius 3 is 2.42 bits per heavy atom. The van der Waals surface area contributed by atoms with Gasteiger partial charge < -0.3 is 15.2 Å². The van der Waals surface area contributed by atoms with Gasteiger partial charge in [0, 0.05) is 18.7 Å². The third-order valence-corrected chi connectivity index (χ3v) is 6.71. The van der Waals surface area contributed by atoms with Crippen molar-refractivity contribution in [1.29, 1.82) is 0 Å². The number of aryl methyl sites for hydroxylation is 1. The lowest BCUT2D eigenvalue weighted by Crippen LogP contribution is -2.27. The summed E-state index contributed by atoms with van der Waals surface area (Å²) in [4.78, 5) is 25.5. The van der Waals surface area contributed by atoms with Gasteiger partial charge in [0.15, 0.2) is 11.0 Å². The van der Waals surface area contributed by atoms with Crippen molar-refractivity contribution < 1.29 is 9.59 Å². The molecular weight excluding hydrogens is 470 g/mol. The number of carbonyl (C=O) groups excluding carboxylic acids is 2. The number of amides is 2. The first-order valence-electron chi connectivity index (χ1n) is 11.9. The maximum absolute atomic E-state index is 12.8. The topological polar surface area (TPSA) is 88.9 Å². The Morgan fingerprint density at radius 2 is 1.64 bits per heavy atom. The number of aromatic nitrogens is 3. The molecule has 0 saturated heterocycles. The fraction of sp³-hybridized carbons (Fsp3) is 0.214. The fourth-order valence-electron chi connectivity index (χ4n) is 3.87. The molecule has 36 heavy (non-hydrogen) atoms. The molecule has 184 valence electrons. The number of carbonyl (C=O) groups is 2. The van der Waals surface area contributed by atoms with Crippen LogP contribution in [-0.4, -0.2) is 38.9 Å². The molecule has 0 spiro atoms. The summed E-state index contributed by atoms with van der Waals surface area (Å²) in [6.07, 6.45) is 0.736. The third kappa shape index (κ3) is 6.20. The van der Waals surface area contributed by atoms with E-state index in [4.69, 9.17) is 0 Å². The zero-order valence-electron chi connectivity index (χ0n) is 20.4. The molecule has 2 amide bonds. The van der Waals surface area contributed by atoms with Gasteiger partial charge in [-0.15, -0.1) is 10.2 Å². The van der Waals surface area contributed by atoms with Crippen LogP contribution >= 0.6 is 11.8 Å². The van der Waals surface area contributed by atoms with Crippen molar-refractivity contribution in [3.8, 4) is 11.4 Å². The van der Waals surface area contributed by atoms with E-state index >= 15 is 0 Å². The summed E-state index contributed by atoms with van der Waals surface area (Å²) in [6, 6.07) is 25.0. The summed E-state index contributed by atoms with van der Waals surface area (Å²) in [6.45, 7) is 5.27. The molecule has 1 heterocycles. The van der Waals surface area contributed by atoms with Gasteiger partial charge in [-0.05, 0) is 43.5 Å². The first-order valence-corrected chi connectivity index (χ1v) is 12.9. The van der Waals surface area contributed by atoms with E-state index in [0.717, 1.165) is 28.9 Å². The molecule has 7 nitrogen and oxygen atoms in total. The highest BCUT2D eigenvalue weighted by molar-refractivity contribution is 7.99. The van der Waals surface area contributed by atoms with Gasteiger partial charge in [-0.1, -0.05) is 78.5 Å². The lowest BCUT2D eigenvalue weighted by Gasteiger charge is -2.12. The molecule has 4 rings (SSSR count). The number of anilines is 1. The van der Waals surface area contributed by atoms with Gasteiger partial charge >= 0.3 is 0 Å². The number of nitrogens with zero attached hydrogens (tertiary/aromatic N) is 3. The zero-order valence-corrected chi connectivity index (χ0v) is 21.2. The smallest absolute Gasteiger partial charge is 0.253 e. The summed E-state index contributed by atoms with van der Waals surface area (Å²) in [7, 11) is 0. The molecule has 4 aromatic rings. The summed E-state index contributed by atoms with van der Waals surface area (Å²) in [5, 5.41) is 15.2. The Hall–Kier alpha value is -3.91. The van der Waals surface area contributed by atoms with Crippen molar-refractivity contribution in [3.63, 3.8) is 0 Å². The normalized spacial score (nSPS) is 10.7. The Bertz CT molecular complexity index is 1340. The highest BCUT2D eigenvalue weighted by atomic mass is 32.2. The van der Waals surface area contributed by atoms with Crippen LogP contribution < -0.4 is 10.6 Å². The second-order valence-electron chi connectivity index (χ2n) is 8.24. The van der Waals surface area contributed by atoms with Crippen LogP contribution in [0.15, 0.2) is 84.0 Å². The standard InChI is InChI=1S/C28H29N5O2S/c1-3-33-26(22-14-8-7-11-20(22)2)31-32-28(33)36-19-25(34)30-24-16-10-9-15-23(24)27(35)29-18-17-21-12-5-4-6-13-21/h4-16H,3,17-19H2,1-2H3,(H,29,35)(H,30,34).